The van der Waals surface area contributed by atoms with Gasteiger partial charge < -0.3 is 15.0 Å². The molecule has 3 nitrogen and oxygen atoms in total. The average Bonchev–Trinajstić information content (AvgIpc) is 2.95. The van der Waals surface area contributed by atoms with Gasteiger partial charge in [0.2, 0.25) is 0 Å². The molecule has 3 heteroatoms. The highest BCUT2D eigenvalue weighted by molar-refractivity contribution is 5.27. The van der Waals surface area contributed by atoms with E-state index in [2.05, 4.69) is 55.3 Å². The van der Waals surface area contributed by atoms with Gasteiger partial charge in [0, 0.05) is 18.6 Å². The first-order valence-corrected chi connectivity index (χ1v) is 8.22. The summed E-state index contributed by atoms with van der Waals surface area (Å²) in [6, 6.07) is 8.45. The lowest BCUT2D eigenvalue weighted by atomic mass is 10.1. The highest BCUT2D eigenvalue weighted by Gasteiger charge is 2.10. The lowest BCUT2D eigenvalue weighted by molar-refractivity contribution is 0.263. The molecule has 118 valence electrons. The van der Waals surface area contributed by atoms with Crippen LogP contribution in [0.3, 0.4) is 0 Å². The Balaban J connectivity index is 1.64. The lowest BCUT2D eigenvalue weighted by Gasteiger charge is -2.20. The molecule has 0 bridgehead atoms. The number of nitrogens with one attached hydrogen (secondary N) is 1. The number of ether oxygens (including phenoxy) is 1. The largest absolute Gasteiger partial charge is 0.494 e. The molecule has 0 unspecified atom stereocenters. The average molecular weight is 290 g/mol. The van der Waals surface area contributed by atoms with E-state index < -0.39 is 0 Å². The summed E-state index contributed by atoms with van der Waals surface area (Å²) in [4.78, 5) is 2.53. The molecule has 0 aliphatic carbocycles. The number of hydrogen-bond acceptors (Lipinski definition) is 3. The van der Waals surface area contributed by atoms with Gasteiger partial charge in [0.25, 0.3) is 0 Å². The van der Waals surface area contributed by atoms with E-state index in [9.17, 15) is 0 Å². The molecule has 21 heavy (non-hydrogen) atoms. The Morgan fingerprint density at radius 3 is 2.38 bits per heavy atom. The summed E-state index contributed by atoms with van der Waals surface area (Å²) in [5, 5.41) is 3.49. The summed E-state index contributed by atoms with van der Waals surface area (Å²) >= 11 is 0. The predicted molar refractivity (Wildman–Crippen MR) is 88.8 cm³/mol. The van der Waals surface area contributed by atoms with Gasteiger partial charge in [-0.2, -0.15) is 0 Å². The molecule has 1 aliphatic heterocycles. The minimum Gasteiger partial charge on any atom is -0.494 e. The molecule has 1 saturated heterocycles. The minimum absolute atomic E-state index is 0.157. The molecule has 0 aromatic heterocycles. The van der Waals surface area contributed by atoms with E-state index in [0.29, 0.717) is 0 Å². The van der Waals surface area contributed by atoms with Crippen molar-refractivity contribution in [3.63, 3.8) is 0 Å². The van der Waals surface area contributed by atoms with Crippen LogP contribution in [0.5, 0.6) is 5.75 Å². The zero-order valence-electron chi connectivity index (χ0n) is 13.8. The highest BCUT2D eigenvalue weighted by atomic mass is 16.5. The zero-order valence-corrected chi connectivity index (χ0v) is 13.8. The van der Waals surface area contributed by atoms with Gasteiger partial charge in [0.15, 0.2) is 0 Å². The Hall–Kier alpha value is -1.06. The monoisotopic (exact) mass is 290 g/mol. The summed E-state index contributed by atoms with van der Waals surface area (Å²) in [7, 11) is 0. The van der Waals surface area contributed by atoms with Gasteiger partial charge >= 0.3 is 0 Å². The minimum atomic E-state index is 0.157. The fourth-order valence-electron chi connectivity index (χ4n) is 2.56. The molecular formula is C18H30N2O. The number of likely N-dealkylation sites (tertiary alicyclic amines) is 1. The maximum atomic E-state index is 5.82. The van der Waals surface area contributed by atoms with Gasteiger partial charge in [-0.15, -0.1) is 0 Å². The number of nitrogens with zero attached hydrogens (tertiary/aromatic N) is 1. The molecule has 0 amide bonds. The van der Waals surface area contributed by atoms with Crippen LogP contribution in [-0.2, 0) is 6.54 Å². The highest BCUT2D eigenvalue weighted by Crippen LogP contribution is 2.14. The van der Waals surface area contributed by atoms with Crippen molar-refractivity contribution in [2.45, 2.75) is 52.1 Å². The third-order valence-corrected chi connectivity index (χ3v) is 3.83. The summed E-state index contributed by atoms with van der Waals surface area (Å²) in [5.41, 5.74) is 1.46. The van der Waals surface area contributed by atoms with Gasteiger partial charge in [0.05, 0.1) is 6.61 Å². The number of rotatable bonds is 7. The van der Waals surface area contributed by atoms with Crippen LogP contribution in [0.1, 0.15) is 45.6 Å². The SMILES string of the molecule is CC(C)(C)NCc1ccc(OCCCN2CCCC2)cc1. The van der Waals surface area contributed by atoms with Gasteiger partial charge in [0.1, 0.15) is 5.75 Å². The van der Waals surface area contributed by atoms with E-state index in [1.165, 1.54) is 38.0 Å². The molecule has 1 aliphatic rings. The van der Waals surface area contributed by atoms with Crippen LogP contribution in [0, 0.1) is 0 Å². The normalized spacial score (nSPS) is 16.3. The summed E-state index contributed by atoms with van der Waals surface area (Å²) in [6.07, 6.45) is 3.85. The summed E-state index contributed by atoms with van der Waals surface area (Å²) < 4.78 is 5.82. The first kappa shape index (κ1) is 16.3. The number of benzene rings is 1. The van der Waals surface area contributed by atoms with E-state index in [1.807, 2.05) is 0 Å². The molecule has 0 spiro atoms. The second kappa shape index (κ2) is 7.81. The Labute approximate surface area is 129 Å². The van der Waals surface area contributed by atoms with Crippen molar-refractivity contribution in [2.24, 2.45) is 0 Å². The van der Waals surface area contributed by atoms with Gasteiger partial charge in [-0.25, -0.2) is 0 Å². The predicted octanol–water partition coefficient (Wildman–Crippen LogP) is 3.44. The van der Waals surface area contributed by atoms with Crippen molar-refractivity contribution in [1.82, 2.24) is 10.2 Å². The fraction of sp³-hybridized carbons (Fsp3) is 0.667. The molecule has 1 aromatic rings. The van der Waals surface area contributed by atoms with Crippen LogP contribution in [0.25, 0.3) is 0 Å². The van der Waals surface area contributed by atoms with Crippen molar-refractivity contribution in [3.8, 4) is 5.75 Å². The molecule has 0 saturated carbocycles. The number of hydrogen-bond donors (Lipinski definition) is 1. The van der Waals surface area contributed by atoms with E-state index in [0.717, 1.165) is 25.3 Å². The van der Waals surface area contributed by atoms with E-state index >= 15 is 0 Å². The smallest absolute Gasteiger partial charge is 0.119 e. The summed E-state index contributed by atoms with van der Waals surface area (Å²) in [6.45, 7) is 12.0. The Kier molecular flexibility index (Phi) is 6.07. The standard InChI is InChI=1S/C18H30N2O/c1-18(2,3)19-15-16-7-9-17(10-8-16)21-14-6-13-20-11-4-5-12-20/h7-10,19H,4-6,11-15H2,1-3H3. The zero-order chi connectivity index (χ0) is 15.1. The molecular weight excluding hydrogens is 260 g/mol. The van der Waals surface area contributed by atoms with Crippen molar-refractivity contribution in [3.05, 3.63) is 29.8 Å². The fourth-order valence-corrected chi connectivity index (χ4v) is 2.56. The Morgan fingerprint density at radius 2 is 1.76 bits per heavy atom. The van der Waals surface area contributed by atoms with Crippen LogP contribution in [0.15, 0.2) is 24.3 Å². The lowest BCUT2D eigenvalue weighted by Crippen LogP contribution is -2.35. The molecule has 2 rings (SSSR count). The Morgan fingerprint density at radius 1 is 1.10 bits per heavy atom. The van der Waals surface area contributed by atoms with Crippen LogP contribution < -0.4 is 10.1 Å². The van der Waals surface area contributed by atoms with Crippen LogP contribution in [-0.4, -0.2) is 36.7 Å². The second-order valence-corrected chi connectivity index (χ2v) is 7.00. The summed E-state index contributed by atoms with van der Waals surface area (Å²) in [5.74, 6) is 0.982. The van der Waals surface area contributed by atoms with E-state index in [4.69, 9.17) is 4.74 Å². The van der Waals surface area contributed by atoms with Crippen molar-refractivity contribution >= 4 is 0 Å². The quantitative estimate of drug-likeness (QED) is 0.779. The maximum Gasteiger partial charge on any atom is 0.119 e. The van der Waals surface area contributed by atoms with Gasteiger partial charge in [-0.3, -0.25) is 0 Å². The van der Waals surface area contributed by atoms with Crippen molar-refractivity contribution in [1.29, 1.82) is 0 Å². The van der Waals surface area contributed by atoms with Crippen LogP contribution >= 0.6 is 0 Å². The maximum absolute atomic E-state index is 5.82. The third-order valence-electron chi connectivity index (χ3n) is 3.83. The second-order valence-electron chi connectivity index (χ2n) is 7.00. The van der Waals surface area contributed by atoms with Crippen molar-refractivity contribution in [2.75, 3.05) is 26.2 Å². The van der Waals surface area contributed by atoms with Gasteiger partial charge in [-0.05, 0) is 70.8 Å². The van der Waals surface area contributed by atoms with E-state index in [1.54, 1.807) is 0 Å². The molecule has 0 atom stereocenters. The van der Waals surface area contributed by atoms with Crippen molar-refractivity contribution < 1.29 is 4.74 Å². The molecule has 1 heterocycles. The van der Waals surface area contributed by atoms with Crippen LogP contribution in [0.2, 0.25) is 0 Å². The molecule has 0 radical (unpaired) electrons. The molecule has 1 aromatic carbocycles. The molecule has 1 N–H and O–H groups in total. The Bertz CT molecular complexity index is 402. The topological polar surface area (TPSA) is 24.5 Å². The van der Waals surface area contributed by atoms with Gasteiger partial charge in [-0.1, -0.05) is 12.1 Å². The first-order chi connectivity index (χ1) is 10.0. The molecule has 1 fully saturated rings. The first-order valence-electron chi connectivity index (χ1n) is 8.22. The van der Waals surface area contributed by atoms with E-state index in [-0.39, 0.29) is 5.54 Å². The third kappa shape index (κ3) is 6.49. The van der Waals surface area contributed by atoms with Crippen LogP contribution in [0.4, 0.5) is 0 Å².